The summed E-state index contributed by atoms with van der Waals surface area (Å²) >= 11 is 0. The Morgan fingerprint density at radius 3 is 2.67 bits per heavy atom. The van der Waals surface area contributed by atoms with Crippen LogP contribution in [0.15, 0.2) is 18.2 Å². The summed E-state index contributed by atoms with van der Waals surface area (Å²) in [6, 6.07) is 4.29. The topological polar surface area (TPSA) is 104 Å². The Hall–Kier alpha value is -2.15. The molecule has 1 rings (SSSR count). The average Bonchev–Trinajstić information content (AvgIpc) is 2.47. The molecule has 7 nitrogen and oxygen atoms in total. The first-order chi connectivity index (χ1) is 10.0. The van der Waals surface area contributed by atoms with E-state index in [1.165, 1.54) is 12.1 Å². The Balaban J connectivity index is 3.04. The highest BCUT2D eigenvalue weighted by Gasteiger charge is 2.19. The number of aliphatic hydroxyl groups excluding tert-OH is 1. The second kappa shape index (κ2) is 8.21. The van der Waals surface area contributed by atoms with Gasteiger partial charge in [0.2, 0.25) is 0 Å². The Morgan fingerprint density at radius 1 is 1.43 bits per heavy atom. The maximum Gasteiger partial charge on any atom is 0.293 e. The first-order valence-corrected chi connectivity index (χ1v) is 6.97. The number of carbonyl (C=O) groups excluding carboxylic acids is 1. The molecule has 1 unspecified atom stereocenters. The number of anilines is 1. The van der Waals surface area contributed by atoms with Gasteiger partial charge in [-0.25, -0.2) is 0 Å². The molecule has 1 atom stereocenters. The minimum absolute atomic E-state index is 0.0102. The van der Waals surface area contributed by atoms with E-state index in [1.54, 1.807) is 13.0 Å². The monoisotopic (exact) mass is 295 g/mol. The molecule has 0 aliphatic carbocycles. The van der Waals surface area contributed by atoms with Gasteiger partial charge in [0, 0.05) is 30.8 Å². The van der Waals surface area contributed by atoms with Crippen molar-refractivity contribution in [2.24, 2.45) is 0 Å². The fourth-order valence-electron chi connectivity index (χ4n) is 1.96. The molecule has 21 heavy (non-hydrogen) atoms. The molecule has 3 N–H and O–H groups in total. The maximum absolute atomic E-state index is 11.7. The molecule has 0 fully saturated rings. The van der Waals surface area contributed by atoms with Gasteiger partial charge in [0.1, 0.15) is 5.69 Å². The normalized spacial score (nSPS) is 11.8. The van der Waals surface area contributed by atoms with Crippen molar-refractivity contribution in [1.82, 2.24) is 5.32 Å². The molecule has 7 heteroatoms. The van der Waals surface area contributed by atoms with Crippen LogP contribution in [0.5, 0.6) is 0 Å². The summed E-state index contributed by atoms with van der Waals surface area (Å²) in [5.41, 5.74) is 0.466. The molecule has 0 saturated carbocycles. The van der Waals surface area contributed by atoms with Crippen LogP contribution in [0.25, 0.3) is 0 Å². The molecule has 0 aliphatic rings. The third-order valence-electron chi connectivity index (χ3n) is 3.12. The van der Waals surface area contributed by atoms with Crippen molar-refractivity contribution in [3.05, 3.63) is 33.9 Å². The summed E-state index contributed by atoms with van der Waals surface area (Å²) in [6.45, 7) is 4.18. The van der Waals surface area contributed by atoms with Crippen LogP contribution in [0.4, 0.5) is 11.4 Å². The first-order valence-electron chi connectivity index (χ1n) is 6.97. The van der Waals surface area contributed by atoms with Crippen molar-refractivity contribution in [3.8, 4) is 0 Å². The number of nitrogens with one attached hydrogen (secondary N) is 2. The van der Waals surface area contributed by atoms with Crippen molar-refractivity contribution in [2.75, 3.05) is 18.5 Å². The number of aliphatic hydroxyl groups is 1. The van der Waals surface area contributed by atoms with Crippen LogP contribution >= 0.6 is 0 Å². The van der Waals surface area contributed by atoms with Gasteiger partial charge in [-0.3, -0.25) is 14.9 Å². The molecule has 1 aromatic carbocycles. The van der Waals surface area contributed by atoms with Crippen LogP contribution in [0.3, 0.4) is 0 Å². The van der Waals surface area contributed by atoms with Gasteiger partial charge < -0.3 is 15.7 Å². The predicted molar refractivity (Wildman–Crippen MR) is 80.5 cm³/mol. The lowest BCUT2D eigenvalue weighted by Gasteiger charge is -2.17. The minimum atomic E-state index is -0.517. The van der Waals surface area contributed by atoms with E-state index in [-0.39, 0.29) is 29.8 Å². The quantitative estimate of drug-likeness (QED) is 0.502. The Morgan fingerprint density at radius 2 is 2.14 bits per heavy atom. The van der Waals surface area contributed by atoms with Gasteiger partial charge >= 0.3 is 0 Å². The van der Waals surface area contributed by atoms with Crippen LogP contribution in [0.1, 0.15) is 37.0 Å². The zero-order chi connectivity index (χ0) is 15.8. The van der Waals surface area contributed by atoms with Crippen LogP contribution in [-0.4, -0.2) is 35.1 Å². The van der Waals surface area contributed by atoms with Gasteiger partial charge in [0.15, 0.2) is 0 Å². The molecule has 0 saturated heterocycles. The largest absolute Gasteiger partial charge is 0.396 e. The molecule has 1 aromatic rings. The fourth-order valence-corrected chi connectivity index (χ4v) is 1.96. The lowest BCUT2D eigenvalue weighted by Crippen LogP contribution is -2.23. The van der Waals surface area contributed by atoms with E-state index in [2.05, 4.69) is 10.6 Å². The zero-order valence-electron chi connectivity index (χ0n) is 12.3. The number of rotatable bonds is 8. The molecule has 0 heterocycles. The molecule has 1 amide bonds. The zero-order valence-corrected chi connectivity index (χ0v) is 12.3. The minimum Gasteiger partial charge on any atom is -0.396 e. The number of hydrogen-bond acceptors (Lipinski definition) is 5. The highest BCUT2D eigenvalue weighted by Crippen LogP contribution is 2.27. The van der Waals surface area contributed by atoms with Gasteiger partial charge in [-0.15, -0.1) is 0 Å². The van der Waals surface area contributed by atoms with E-state index in [4.69, 9.17) is 5.11 Å². The molecule has 0 aliphatic heterocycles. The first kappa shape index (κ1) is 16.9. The van der Waals surface area contributed by atoms with Gasteiger partial charge in [0.25, 0.3) is 11.6 Å². The Bertz CT molecular complexity index is 505. The number of hydrogen-bond donors (Lipinski definition) is 3. The number of carbonyl (C=O) groups is 1. The smallest absolute Gasteiger partial charge is 0.293 e. The summed E-state index contributed by atoms with van der Waals surface area (Å²) in [5.74, 6) is -0.338. The van der Waals surface area contributed by atoms with Crippen molar-refractivity contribution in [1.29, 1.82) is 0 Å². The highest BCUT2D eigenvalue weighted by molar-refractivity contribution is 5.95. The number of nitro groups is 1. The summed E-state index contributed by atoms with van der Waals surface area (Å²) < 4.78 is 0. The Kier molecular flexibility index (Phi) is 6.61. The van der Waals surface area contributed by atoms with E-state index < -0.39 is 4.92 Å². The second-order valence-corrected chi connectivity index (χ2v) is 4.61. The molecule has 0 spiro atoms. The fraction of sp³-hybridized carbons (Fsp3) is 0.500. The third kappa shape index (κ3) is 4.71. The van der Waals surface area contributed by atoms with Crippen molar-refractivity contribution in [2.45, 2.75) is 32.7 Å². The van der Waals surface area contributed by atoms with Crippen LogP contribution < -0.4 is 10.6 Å². The van der Waals surface area contributed by atoms with Gasteiger partial charge in [0.05, 0.1) is 4.92 Å². The van der Waals surface area contributed by atoms with Gasteiger partial charge in [-0.05, 0) is 31.9 Å². The lowest BCUT2D eigenvalue weighted by molar-refractivity contribution is -0.384. The summed E-state index contributed by atoms with van der Waals surface area (Å²) in [4.78, 5) is 22.4. The van der Waals surface area contributed by atoms with Crippen LogP contribution in [0, 0.1) is 10.1 Å². The van der Waals surface area contributed by atoms with E-state index in [0.29, 0.717) is 18.7 Å². The SMILES string of the molecule is CCNC(=O)c1ccc(NC(CC)CCO)c([N+](=O)[O-])c1. The molecular formula is C14H21N3O4. The number of benzene rings is 1. The maximum atomic E-state index is 11.7. The van der Waals surface area contributed by atoms with Crippen LogP contribution in [-0.2, 0) is 0 Å². The second-order valence-electron chi connectivity index (χ2n) is 4.61. The summed E-state index contributed by atoms with van der Waals surface area (Å²) in [6.07, 6.45) is 1.24. The lowest BCUT2D eigenvalue weighted by atomic mass is 10.1. The van der Waals surface area contributed by atoms with Crippen molar-refractivity contribution >= 4 is 17.3 Å². The average molecular weight is 295 g/mol. The van der Waals surface area contributed by atoms with Crippen molar-refractivity contribution in [3.63, 3.8) is 0 Å². The molecule has 116 valence electrons. The van der Waals surface area contributed by atoms with E-state index in [1.807, 2.05) is 6.92 Å². The number of nitrogens with zero attached hydrogens (tertiary/aromatic N) is 1. The molecular weight excluding hydrogens is 274 g/mol. The van der Waals surface area contributed by atoms with E-state index in [9.17, 15) is 14.9 Å². The van der Waals surface area contributed by atoms with Crippen molar-refractivity contribution < 1.29 is 14.8 Å². The Labute approximate surface area is 123 Å². The third-order valence-corrected chi connectivity index (χ3v) is 3.12. The standard InChI is InChI=1S/C14H21N3O4/c1-3-11(7-8-18)16-12-6-5-10(14(19)15-4-2)9-13(12)17(20)21/h5-6,9,11,16,18H,3-4,7-8H2,1-2H3,(H,15,19). The number of nitro benzene ring substituents is 1. The van der Waals surface area contributed by atoms with E-state index >= 15 is 0 Å². The summed E-state index contributed by atoms with van der Waals surface area (Å²) in [5, 5.41) is 25.8. The van der Waals surface area contributed by atoms with E-state index in [0.717, 1.165) is 6.42 Å². The molecule has 0 aromatic heterocycles. The van der Waals surface area contributed by atoms with Gasteiger partial charge in [-0.1, -0.05) is 6.92 Å². The number of amides is 1. The molecule has 0 bridgehead atoms. The van der Waals surface area contributed by atoms with Crippen LogP contribution in [0.2, 0.25) is 0 Å². The highest BCUT2D eigenvalue weighted by atomic mass is 16.6. The summed E-state index contributed by atoms with van der Waals surface area (Å²) in [7, 11) is 0. The molecule has 0 radical (unpaired) electrons. The van der Waals surface area contributed by atoms with Gasteiger partial charge in [-0.2, -0.15) is 0 Å². The predicted octanol–water partition coefficient (Wildman–Crippen LogP) is 1.92.